The van der Waals surface area contributed by atoms with Crippen molar-refractivity contribution < 1.29 is 18.0 Å². The summed E-state index contributed by atoms with van der Waals surface area (Å²) in [6.07, 6.45) is 0. The van der Waals surface area contributed by atoms with Crippen LogP contribution in [0.3, 0.4) is 0 Å². The average Bonchev–Trinajstić information content (AvgIpc) is 2.76. The Morgan fingerprint density at radius 2 is 1.70 bits per heavy atom. The van der Waals surface area contributed by atoms with Crippen molar-refractivity contribution in [1.82, 2.24) is 9.03 Å². The molecule has 1 aliphatic rings. The van der Waals surface area contributed by atoms with Crippen molar-refractivity contribution in [3.8, 4) is 0 Å². The molecule has 0 unspecified atom stereocenters. The lowest BCUT2D eigenvalue weighted by molar-refractivity contribution is -0.125. The van der Waals surface area contributed by atoms with Gasteiger partial charge in [0.2, 0.25) is 0 Å². The minimum atomic E-state index is -3.87. The summed E-state index contributed by atoms with van der Waals surface area (Å²) in [7, 11) is -3.87. The first-order chi connectivity index (χ1) is 12.6. The van der Waals surface area contributed by atoms with Gasteiger partial charge < -0.3 is 5.32 Å². The maximum Gasteiger partial charge on any atom is 0.305 e. The quantitative estimate of drug-likeness (QED) is 0.814. The van der Waals surface area contributed by atoms with Crippen molar-refractivity contribution in [3.63, 3.8) is 0 Å². The van der Waals surface area contributed by atoms with Crippen LogP contribution >= 0.6 is 11.6 Å². The molecule has 1 saturated heterocycles. The molecular formula is C18H18ClN3O4S. The van der Waals surface area contributed by atoms with Gasteiger partial charge in [-0.2, -0.15) is 12.7 Å². The van der Waals surface area contributed by atoms with E-state index in [1.807, 2.05) is 4.72 Å². The summed E-state index contributed by atoms with van der Waals surface area (Å²) in [5, 5.41) is 3.33. The van der Waals surface area contributed by atoms with E-state index in [1.165, 1.54) is 0 Å². The van der Waals surface area contributed by atoms with Gasteiger partial charge in [-0.3, -0.25) is 9.59 Å². The Morgan fingerprint density at radius 1 is 1.11 bits per heavy atom. The molecule has 2 aromatic rings. The Hall–Kier alpha value is -2.42. The Bertz CT molecular complexity index is 986. The third-order valence-electron chi connectivity index (χ3n) is 4.34. The molecule has 9 heteroatoms. The summed E-state index contributed by atoms with van der Waals surface area (Å²) >= 11 is 5.82. The second kappa shape index (κ2) is 6.95. The van der Waals surface area contributed by atoms with Crippen LogP contribution in [0, 0.1) is 0 Å². The fraction of sp³-hybridized carbons (Fsp3) is 0.222. The van der Waals surface area contributed by atoms with Gasteiger partial charge in [0, 0.05) is 22.8 Å². The van der Waals surface area contributed by atoms with Crippen LogP contribution in [0.2, 0.25) is 5.02 Å². The van der Waals surface area contributed by atoms with Crippen LogP contribution in [-0.4, -0.2) is 30.1 Å². The third kappa shape index (κ3) is 3.97. The number of carbonyl (C=O) groups is 2. The van der Waals surface area contributed by atoms with Crippen molar-refractivity contribution in [1.29, 1.82) is 0 Å². The number of hydrogen-bond donors (Lipinski definition) is 2. The van der Waals surface area contributed by atoms with Crippen LogP contribution in [-0.2, 0) is 21.5 Å². The van der Waals surface area contributed by atoms with Crippen molar-refractivity contribution >= 4 is 39.3 Å². The normalized spacial score (nSPS) is 18.1. The highest BCUT2D eigenvalue weighted by Crippen LogP contribution is 2.27. The maximum atomic E-state index is 12.3. The number of anilines is 1. The molecule has 0 spiro atoms. The molecule has 0 radical (unpaired) electrons. The number of carbonyl (C=O) groups excluding carboxylic acids is 2. The summed E-state index contributed by atoms with van der Waals surface area (Å²) in [4.78, 5) is 24.2. The molecule has 1 aliphatic heterocycles. The van der Waals surface area contributed by atoms with Gasteiger partial charge in [-0.25, -0.2) is 4.72 Å². The Morgan fingerprint density at radius 3 is 2.22 bits per heavy atom. The van der Waals surface area contributed by atoms with Gasteiger partial charge >= 0.3 is 10.2 Å². The molecule has 7 nitrogen and oxygen atoms in total. The largest absolute Gasteiger partial charge is 0.322 e. The zero-order chi connectivity index (χ0) is 19.8. The smallest absolute Gasteiger partial charge is 0.305 e. The van der Waals surface area contributed by atoms with Crippen molar-refractivity contribution in [2.24, 2.45) is 0 Å². The fourth-order valence-corrected chi connectivity index (χ4v) is 4.38. The van der Waals surface area contributed by atoms with Crippen molar-refractivity contribution in [3.05, 3.63) is 64.7 Å². The molecule has 0 bridgehead atoms. The molecular weight excluding hydrogens is 390 g/mol. The van der Waals surface area contributed by atoms with Crippen LogP contribution in [0.5, 0.6) is 0 Å². The highest BCUT2D eigenvalue weighted by Gasteiger charge is 2.50. The number of nitrogens with one attached hydrogen (secondary N) is 2. The van der Waals surface area contributed by atoms with Crippen LogP contribution in [0.1, 0.15) is 29.8 Å². The number of amides is 2. The first-order valence-corrected chi connectivity index (χ1v) is 9.92. The van der Waals surface area contributed by atoms with E-state index in [0.29, 0.717) is 21.8 Å². The Balaban J connectivity index is 1.73. The number of hydrogen-bond acceptors (Lipinski definition) is 4. The predicted octanol–water partition coefficient (Wildman–Crippen LogP) is 2.55. The van der Waals surface area contributed by atoms with Crippen LogP contribution in [0.25, 0.3) is 0 Å². The Labute approximate surface area is 162 Å². The van der Waals surface area contributed by atoms with E-state index in [-0.39, 0.29) is 12.5 Å². The molecule has 0 saturated carbocycles. The zero-order valence-corrected chi connectivity index (χ0v) is 16.3. The summed E-state index contributed by atoms with van der Waals surface area (Å²) in [5.41, 5.74) is 0.518. The molecule has 0 atom stereocenters. The lowest BCUT2D eigenvalue weighted by Gasteiger charge is -2.25. The molecule has 2 N–H and O–H groups in total. The predicted molar refractivity (Wildman–Crippen MR) is 103 cm³/mol. The minimum absolute atomic E-state index is 0.0210. The zero-order valence-electron chi connectivity index (χ0n) is 14.7. The summed E-state index contributed by atoms with van der Waals surface area (Å²) in [6.45, 7) is 3.11. The molecule has 1 heterocycles. The maximum absolute atomic E-state index is 12.3. The summed E-state index contributed by atoms with van der Waals surface area (Å²) < 4.78 is 27.3. The molecule has 1 fully saturated rings. The average molecular weight is 408 g/mol. The summed E-state index contributed by atoms with van der Waals surface area (Å²) in [5.74, 6) is -0.865. The minimum Gasteiger partial charge on any atom is -0.322 e. The number of halogens is 1. The second-order valence-electron chi connectivity index (χ2n) is 6.66. The van der Waals surface area contributed by atoms with Crippen LogP contribution < -0.4 is 10.0 Å². The van der Waals surface area contributed by atoms with Crippen LogP contribution in [0.15, 0.2) is 48.5 Å². The highest BCUT2D eigenvalue weighted by atomic mass is 35.5. The van der Waals surface area contributed by atoms with Gasteiger partial charge in [-0.05, 0) is 55.8 Å². The lowest BCUT2D eigenvalue weighted by atomic mass is 10.0. The first kappa shape index (κ1) is 19.3. The van der Waals surface area contributed by atoms with Gasteiger partial charge in [0.05, 0.1) is 0 Å². The van der Waals surface area contributed by atoms with E-state index in [9.17, 15) is 18.0 Å². The Kier molecular flexibility index (Phi) is 4.98. The van der Waals surface area contributed by atoms with E-state index in [0.717, 1.165) is 4.31 Å². The number of benzene rings is 2. The monoisotopic (exact) mass is 407 g/mol. The van der Waals surface area contributed by atoms with Crippen LogP contribution in [0.4, 0.5) is 5.69 Å². The molecule has 2 aromatic carbocycles. The molecule has 27 heavy (non-hydrogen) atoms. The number of nitrogens with zero attached hydrogens (tertiary/aromatic N) is 1. The third-order valence-corrected chi connectivity index (χ3v) is 6.20. The van der Waals surface area contributed by atoms with Gasteiger partial charge in [-0.1, -0.05) is 23.7 Å². The standard InChI is InChI=1S/C18H18ClN3O4S/c1-18(2)17(24)21-27(25,26)22(18)11-12-3-5-13(6-4-12)16(23)20-15-9-7-14(19)8-10-15/h3-10H,11H2,1-2H3,(H,20,23)(H,21,24). The molecule has 0 aliphatic carbocycles. The van der Waals surface area contributed by atoms with Crippen molar-refractivity contribution in [2.75, 3.05) is 5.32 Å². The SMILES string of the molecule is CC1(C)C(=O)NS(=O)(=O)N1Cc1ccc(C(=O)Nc2ccc(Cl)cc2)cc1. The molecule has 0 aromatic heterocycles. The lowest BCUT2D eigenvalue weighted by Crippen LogP contribution is -2.43. The second-order valence-corrected chi connectivity index (χ2v) is 8.69. The van der Waals surface area contributed by atoms with E-state index in [1.54, 1.807) is 62.4 Å². The van der Waals surface area contributed by atoms with E-state index in [2.05, 4.69) is 5.32 Å². The topological polar surface area (TPSA) is 95.6 Å². The molecule has 2 amide bonds. The van der Waals surface area contributed by atoms with Gasteiger partial charge in [0.15, 0.2) is 0 Å². The van der Waals surface area contributed by atoms with Crippen molar-refractivity contribution in [2.45, 2.75) is 25.9 Å². The van der Waals surface area contributed by atoms with Gasteiger partial charge in [0.25, 0.3) is 11.8 Å². The first-order valence-electron chi connectivity index (χ1n) is 8.10. The van der Waals surface area contributed by atoms with Gasteiger partial charge in [-0.15, -0.1) is 0 Å². The highest BCUT2D eigenvalue weighted by molar-refractivity contribution is 7.88. The molecule has 142 valence electrons. The number of rotatable bonds is 4. The van der Waals surface area contributed by atoms with E-state index in [4.69, 9.17) is 11.6 Å². The van der Waals surface area contributed by atoms with Gasteiger partial charge in [0.1, 0.15) is 5.54 Å². The summed E-state index contributed by atoms with van der Waals surface area (Å²) in [6, 6.07) is 13.3. The van der Waals surface area contributed by atoms with E-state index < -0.39 is 21.7 Å². The molecule has 3 rings (SSSR count). The fourth-order valence-electron chi connectivity index (χ4n) is 2.66. The van der Waals surface area contributed by atoms with E-state index >= 15 is 0 Å².